The first-order chi connectivity index (χ1) is 9.79. The van der Waals surface area contributed by atoms with Crippen molar-refractivity contribution in [2.45, 2.75) is 57.9 Å². The summed E-state index contributed by atoms with van der Waals surface area (Å²) < 4.78 is 0.856. The van der Waals surface area contributed by atoms with Gasteiger partial charge in [0.2, 0.25) is 0 Å². The smallest absolute Gasteiger partial charge is 0.0448 e. The van der Waals surface area contributed by atoms with Gasteiger partial charge in [0.25, 0.3) is 0 Å². The first kappa shape index (κ1) is 17.7. The minimum Gasteiger partial charge on any atom is -0.313 e. The van der Waals surface area contributed by atoms with Crippen LogP contribution in [0.15, 0.2) is 30.3 Å². The quantitative estimate of drug-likeness (QED) is 0.314. The Labute approximate surface area is 135 Å². The van der Waals surface area contributed by atoms with Gasteiger partial charge in [-0.2, -0.15) is 0 Å². The summed E-state index contributed by atoms with van der Waals surface area (Å²) in [6, 6.07) is 10.6. The van der Waals surface area contributed by atoms with Crippen LogP contribution in [0.2, 0.25) is 0 Å². The molecule has 1 N–H and O–H groups in total. The monoisotopic (exact) mass is 309 g/mol. The van der Waals surface area contributed by atoms with E-state index in [-0.39, 0.29) is 0 Å². The van der Waals surface area contributed by atoms with Gasteiger partial charge in [0.1, 0.15) is 0 Å². The van der Waals surface area contributed by atoms with Gasteiger partial charge in [0, 0.05) is 10.7 Å². The van der Waals surface area contributed by atoms with Gasteiger partial charge in [-0.05, 0) is 31.4 Å². The average molecular weight is 310 g/mol. The molecule has 112 valence electrons. The van der Waals surface area contributed by atoms with E-state index in [2.05, 4.69) is 48.3 Å². The Balaban J connectivity index is 1.80. The fourth-order valence-corrected chi connectivity index (χ4v) is 2.54. The Morgan fingerprint density at radius 2 is 1.50 bits per heavy atom. The summed E-state index contributed by atoms with van der Waals surface area (Å²) >= 11 is 9.09. The van der Waals surface area contributed by atoms with Crippen LogP contribution in [0.3, 0.4) is 0 Å². The van der Waals surface area contributed by atoms with Crippen LogP contribution in [0.25, 0.3) is 0 Å². The van der Waals surface area contributed by atoms with Crippen LogP contribution < -0.4 is 5.32 Å². The van der Waals surface area contributed by atoms with Crippen molar-refractivity contribution in [3.63, 3.8) is 0 Å². The number of hydrogen-bond acceptors (Lipinski definition) is 2. The minimum atomic E-state index is 0.856. The molecule has 0 atom stereocenters. The summed E-state index contributed by atoms with van der Waals surface area (Å²) in [6.45, 7) is 2.12. The van der Waals surface area contributed by atoms with E-state index in [0.717, 1.165) is 23.7 Å². The van der Waals surface area contributed by atoms with Gasteiger partial charge >= 0.3 is 0 Å². The molecule has 0 aliphatic carbocycles. The standard InChI is InChI=1S/C17H27NS2/c19-17(20)13-9-4-2-1-3-5-10-14-18-15-16-11-7-6-8-12-16/h6-8,11-12,18H,1-5,9-10,13-15H2,(H,19,20). The Kier molecular flexibility index (Phi) is 10.9. The first-order valence-corrected chi connectivity index (χ1v) is 8.61. The van der Waals surface area contributed by atoms with Crippen molar-refractivity contribution in [1.82, 2.24) is 5.32 Å². The van der Waals surface area contributed by atoms with Crippen molar-refractivity contribution in [1.29, 1.82) is 0 Å². The predicted molar refractivity (Wildman–Crippen MR) is 96.7 cm³/mol. The summed E-state index contributed by atoms with van der Waals surface area (Å²) in [4.78, 5) is 0. The highest BCUT2D eigenvalue weighted by Gasteiger charge is 1.94. The summed E-state index contributed by atoms with van der Waals surface area (Å²) in [7, 11) is 0. The Morgan fingerprint density at radius 1 is 0.900 bits per heavy atom. The molecule has 1 nitrogen and oxygen atoms in total. The van der Waals surface area contributed by atoms with Gasteiger partial charge in [-0.1, -0.05) is 74.7 Å². The molecule has 1 rings (SSSR count). The van der Waals surface area contributed by atoms with Crippen LogP contribution in [-0.2, 0) is 6.54 Å². The Morgan fingerprint density at radius 3 is 2.15 bits per heavy atom. The second-order valence-electron chi connectivity index (χ2n) is 5.28. The van der Waals surface area contributed by atoms with E-state index in [9.17, 15) is 0 Å². The van der Waals surface area contributed by atoms with Crippen molar-refractivity contribution in [3.05, 3.63) is 35.9 Å². The second kappa shape index (κ2) is 12.4. The van der Waals surface area contributed by atoms with E-state index in [1.807, 2.05) is 0 Å². The largest absolute Gasteiger partial charge is 0.313 e. The maximum atomic E-state index is 4.95. The molecule has 0 saturated heterocycles. The molecule has 0 unspecified atom stereocenters. The van der Waals surface area contributed by atoms with Crippen LogP contribution >= 0.6 is 24.8 Å². The zero-order chi connectivity index (χ0) is 14.5. The fourth-order valence-electron chi connectivity index (χ4n) is 2.24. The highest BCUT2D eigenvalue weighted by molar-refractivity contribution is 8.11. The summed E-state index contributed by atoms with van der Waals surface area (Å²) in [5, 5.41) is 3.50. The van der Waals surface area contributed by atoms with Crippen LogP contribution in [0.4, 0.5) is 0 Å². The number of hydrogen-bond donors (Lipinski definition) is 2. The highest BCUT2D eigenvalue weighted by Crippen LogP contribution is 2.09. The van der Waals surface area contributed by atoms with Gasteiger partial charge in [-0.25, -0.2) is 0 Å². The lowest BCUT2D eigenvalue weighted by Gasteiger charge is -2.05. The van der Waals surface area contributed by atoms with Crippen LogP contribution in [0.5, 0.6) is 0 Å². The third kappa shape index (κ3) is 10.4. The third-order valence-corrected chi connectivity index (χ3v) is 3.84. The predicted octanol–water partition coefficient (Wildman–Crippen LogP) is 5.15. The van der Waals surface area contributed by atoms with Crippen molar-refractivity contribution in [3.8, 4) is 0 Å². The second-order valence-corrected chi connectivity index (χ2v) is 6.62. The number of benzene rings is 1. The number of unbranched alkanes of at least 4 members (excludes halogenated alkanes) is 6. The molecular formula is C17H27NS2. The molecule has 0 aliphatic heterocycles. The summed E-state index contributed by atoms with van der Waals surface area (Å²) in [5.74, 6) is 0. The molecule has 0 bridgehead atoms. The van der Waals surface area contributed by atoms with E-state index in [4.69, 9.17) is 12.2 Å². The molecule has 3 heteroatoms. The van der Waals surface area contributed by atoms with E-state index < -0.39 is 0 Å². The normalized spacial score (nSPS) is 10.7. The SMILES string of the molecule is S=C(S)CCCCCCCCCNCc1ccccc1. The summed E-state index contributed by atoms with van der Waals surface area (Å²) in [5.41, 5.74) is 1.37. The zero-order valence-corrected chi connectivity index (χ0v) is 14.0. The van der Waals surface area contributed by atoms with E-state index in [0.29, 0.717) is 0 Å². The number of rotatable bonds is 12. The molecule has 1 aromatic carbocycles. The number of thiol groups is 1. The molecule has 0 radical (unpaired) electrons. The molecule has 0 heterocycles. The van der Waals surface area contributed by atoms with Gasteiger partial charge < -0.3 is 5.32 Å². The molecule has 1 aromatic rings. The molecule has 0 fully saturated rings. The number of nitrogens with one attached hydrogen (secondary N) is 1. The van der Waals surface area contributed by atoms with Crippen LogP contribution in [0.1, 0.15) is 56.9 Å². The fraction of sp³-hybridized carbons (Fsp3) is 0.588. The molecule has 0 spiro atoms. The maximum absolute atomic E-state index is 4.95. The zero-order valence-electron chi connectivity index (χ0n) is 12.3. The van der Waals surface area contributed by atoms with E-state index >= 15 is 0 Å². The van der Waals surface area contributed by atoms with E-state index in [1.165, 1.54) is 50.5 Å². The van der Waals surface area contributed by atoms with Gasteiger partial charge in [0.15, 0.2) is 0 Å². The van der Waals surface area contributed by atoms with Crippen molar-refractivity contribution in [2.75, 3.05) is 6.54 Å². The van der Waals surface area contributed by atoms with Crippen molar-refractivity contribution < 1.29 is 0 Å². The number of thiocarbonyl (C=S) groups is 1. The topological polar surface area (TPSA) is 12.0 Å². The molecule has 0 amide bonds. The Bertz CT molecular complexity index is 351. The first-order valence-electron chi connectivity index (χ1n) is 7.75. The van der Waals surface area contributed by atoms with Crippen LogP contribution in [0, 0.1) is 0 Å². The van der Waals surface area contributed by atoms with Crippen molar-refractivity contribution in [2.24, 2.45) is 0 Å². The van der Waals surface area contributed by atoms with Crippen molar-refractivity contribution >= 4 is 29.0 Å². The minimum absolute atomic E-state index is 0.856. The third-order valence-electron chi connectivity index (χ3n) is 3.42. The average Bonchev–Trinajstić information content (AvgIpc) is 2.45. The highest BCUT2D eigenvalue weighted by atomic mass is 32.1. The van der Waals surface area contributed by atoms with E-state index in [1.54, 1.807) is 0 Å². The van der Waals surface area contributed by atoms with Gasteiger partial charge in [-0.3, -0.25) is 0 Å². The van der Waals surface area contributed by atoms with Crippen LogP contribution in [-0.4, -0.2) is 10.7 Å². The maximum Gasteiger partial charge on any atom is 0.0448 e. The molecular weight excluding hydrogens is 282 g/mol. The molecule has 0 aromatic heterocycles. The molecule has 0 aliphatic rings. The Hall–Kier alpha value is -0.380. The molecule has 20 heavy (non-hydrogen) atoms. The van der Waals surface area contributed by atoms with Gasteiger partial charge in [0.05, 0.1) is 0 Å². The molecule has 0 saturated carbocycles. The van der Waals surface area contributed by atoms with Gasteiger partial charge in [-0.15, -0.1) is 12.6 Å². The summed E-state index contributed by atoms with van der Waals surface area (Å²) in [6.07, 6.45) is 10.2. The lowest BCUT2D eigenvalue weighted by Crippen LogP contribution is -2.14. The lowest BCUT2D eigenvalue weighted by atomic mass is 10.1. The lowest BCUT2D eigenvalue weighted by molar-refractivity contribution is 0.560.